The van der Waals surface area contributed by atoms with Gasteiger partial charge in [0.05, 0.1) is 22.8 Å². The van der Waals surface area contributed by atoms with E-state index in [-0.39, 0.29) is 6.04 Å². The highest BCUT2D eigenvalue weighted by Gasteiger charge is 2.23. The van der Waals surface area contributed by atoms with Gasteiger partial charge in [0, 0.05) is 0 Å². The number of nitrogens with one attached hydrogen (secondary N) is 1. The molecule has 2 atom stereocenters. The number of rotatable bonds is 5. The van der Waals surface area contributed by atoms with Gasteiger partial charge in [0.25, 0.3) is 11.8 Å². The van der Waals surface area contributed by atoms with Crippen molar-refractivity contribution in [1.82, 2.24) is 15.2 Å². The van der Waals surface area contributed by atoms with E-state index in [1.165, 1.54) is 9.60 Å². The average molecular weight is 369 g/mol. The Morgan fingerprint density at radius 3 is 2.69 bits per heavy atom. The Hall–Kier alpha value is -2.51. The van der Waals surface area contributed by atoms with E-state index in [1.54, 1.807) is 11.3 Å². The smallest absolute Gasteiger partial charge is 0.271 e. The van der Waals surface area contributed by atoms with E-state index in [4.69, 9.17) is 13.8 Å². The van der Waals surface area contributed by atoms with Gasteiger partial charge in [0.15, 0.2) is 11.6 Å². The third-order valence-corrected chi connectivity index (χ3v) is 5.81. The lowest BCUT2D eigenvalue weighted by Gasteiger charge is -2.17. The quantitative estimate of drug-likeness (QED) is 0.584. The summed E-state index contributed by atoms with van der Waals surface area (Å²) in [5.74, 6) is 2.75. The highest BCUT2D eigenvalue weighted by molar-refractivity contribution is 7.18. The number of hydrogen-bond acceptors (Lipinski definition) is 6. The van der Waals surface area contributed by atoms with E-state index >= 15 is 0 Å². The summed E-state index contributed by atoms with van der Waals surface area (Å²) in [6.45, 7) is 6.62. The SMILES string of the molecule is Cc1cc(-c2nnc(C[NH+](C)[C@H](C)c3nc4ccccc4s3)o2)c(C)o1. The van der Waals surface area contributed by atoms with Gasteiger partial charge < -0.3 is 13.7 Å². The first-order valence-electron chi connectivity index (χ1n) is 8.59. The largest absolute Gasteiger partial charge is 0.466 e. The molecule has 0 aliphatic heterocycles. The maximum absolute atomic E-state index is 5.86. The van der Waals surface area contributed by atoms with Gasteiger partial charge in [0.1, 0.15) is 17.6 Å². The summed E-state index contributed by atoms with van der Waals surface area (Å²) in [5, 5.41) is 9.50. The molecule has 0 saturated heterocycles. The van der Waals surface area contributed by atoms with Crippen molar-refractivity contribution in [2.75, 3.05) is 7.05 Å². The maximum Gasteiger partial charge on any atom is 0.271 e. The van der Waals surface area contributed by atoms with Crippen LogP contribution in [0, 0.1) is 13.8 Å². The zero-order chi connectivity index (χ0) is 18.3. The number of furan rings is 1. The number of para-hydroxylation sites is 1. The minimum atomic E-state index is 0.237. The summed E-state index contributed by atoms with van der Waals surface area (Å²) >= 11 is 1.74. The molecule has 0 aliphatic carbocycles. The lowest BCUT2D eigenvalue weighted by molar-refractivity contribution is -0.925. The fourth-order valence-corrected chi connectivity index (χ4v) is 4.07. The van der Waals surface area contributed by atoms with Crippen molar-refractivity contribution in [2.45, 2.75) is 33.4 Å². The lowest BCUT2D eigenvalue weighted by Crippen LogP contribution is -3.07. The van der Waals surface area contributed by atoms with Crippen molar-refractivity contribution in [3.8, 4) is 11.5 Å². The maximum atomic E-state index is 5.86. The van der Waals surface area contributed by atoms with Crippen molar-refractivity contribution in [3.05, 3.63) is 52.8 Å². The molecule has 0 bridgehead atoms. The first-order chi connectivity index (χ1) is 12.5. The average Bonchev–Trinajstić information content (AvgIpc) is 3.32. The van der Waals surface area contributed by atoms with Crippen LogP contribution in [0.15, 0.2) is 39.2 Å². The van der Waals surface area contributed by atoms with Crippen LogP contribution < -0.4 is 4.90 Å². The molecule has 26 heavy (non-hydrogen) atoms. The Bertz CT molecular complexity index is 1020. The van der Waals surface area contributed by atoms with Crippen molar-refractivity contribution >= 4 is 21.6 Å². The number of aryl methyl sites for hydroxylation is 2. The molecule has 1 unspecified atom stereocenters. The monoisotopic (exact) mass is 369 g/mol. The molecule has 6 nitrogen and oxygen atoms in total. The molecule has 1 N–H and O–H groups in total. The normalized spacial score (nSPS) is 14.0. The van der Waals surface area contributed by atoms with Gasteiger partial charge in [-0.2, -0.15) is 0 Å². The Kier molecular flexibility index (Phi) is 4.34. The number of hydrogen-bond donors (Lipinski definition) is 1. The van der Waals surface area contributed by atoms with E-state index in [9.17, 15) is 0 Å². The van der Waals surface area contributed by atoms with Crippen LogP contribution in [0.1, 0.15) is 35.4 Å². The van der Waals surface area contributed by atoms with Crippen molar-refractivity contribution in [3.63, 3.8) is 0 Å². The zero-order valence-electron chi connectivity index (χ0n) is 15.2. The number of aromatic nitrogens is 3. The third kappa shape index (κ3) is 3.15. The van der Waals surface area contributed by atoms with Crippen LogP contribution in [0.25, 0.3) is 21.7 Å². The molecule has 0 spiro atoms. The number of benzene rings is 1. The molecule has 0 saturated carbocycles. The molecule has 0 fully saturated rings. The number of quaternary nitrogens is 1. The summed E-state index contributed by atoms with van der Waals surface area (Å²) in [6, 6.07) is 10.4. The highest BCUT2D eigenvalue weighted by Crippen LogP contribution is 2.26. The molecule has 0 aliphatic rings. The van der Waals surface area contributed by atoms with E-state index in [0.29, 0.717) is 18.3 Å². The summed E-state index contributed by atoms with van der Waals surface area (Å²) in [5.41, 5.74) is 1.91. The fraction of sp³-hybridized carbons (Fsp3) is 0.316. The lowest BCUT2D eigenvalue weighted by atomic mass is 10.2. The molecule has 4 rings (SSSR count). The Labute approximate surface area is 155 Å². The second kappa shape index (κ2) is 6.66. The minimum absolute atomic E-state index is 0.237. The first-order valence-corrected chi connectivity index (χ1v) is 9.40. The fourth-order valence-electron chi connectivity index (χ4n) is 2.95. The highest BCUT2D eigenvalue weighted by atomic mass is 32.1. The predicted octanol–water partition coefficient (Wildman–Crippen LogP) is 3.33. The summed E-state index contributed by atoms with van der Waals surface area (Å²) in [7, 11) is 2.12. The van der Waals surface area contributed by atoms with Crippen molar-refractivity contribution in [1.29, 1.82) is 0 Å². The first kappa shape index (κ1) is 16.9. The van der Waals surface area contributed by atoms with Crippen LogP contribution in [-0.4, -0.2) is 22.2 Å². The standard InChI is InChI=1S/C19H20N4O2S/c1-11-9-14(13(3)24-11)18-22-21-17(25-18)10-23(4)12(2)19-20-15-7-5-6-8-16(15)26-19/h5-9,12H,10H2,1-4H3/p+1/t12-/m1/s1. The topological polar surface area (TPSA) is 69.4 Å². The molecular formula is C19H21N4O2S+. The van der Waals surface area contributed by atoms with Crippen LogP contribution in [0.4, 0.5) is 0 Å². The third-order valence-electron chi connectivity index (χ3n) is 4.59. The number of nitrogens with zero attached hydrogens (tertiary/aromatic N) is 3. The summed E-state index contributed by atoms with van der Waals surface area (Å²) in [4.78, 5) is 6.01. The van der Waals surface area contributed by atoms with Crippen LogP contribution in [0.5, 0.6) is 0 Å². The van der Waals surface area contributed by atoms with Crippen LogP contribution in [0.3, 0.4) is 0 Å². The molecule has 3 heterocycles. The van der Waals surface area contributed by atoms with E-state index in [1.807, 2.05) is 32.0 Å². The van der Waals surface area contributed by atoms with Gasteiger partial charge >= 0.3 is 0 Å². The predicted molar refractivity (Wildman–Crippen MR) is 100 cm³/mol. The van der Waals surface area contributed by atoms with Crippen LogP contribution >= 0.6 is 11.3 Å². The molecule has 0 amide bonds. The van der Waals surface area contributed by atoms with Gasteiger partial charge in [-0.15, -0.1) is 21.5 Å². The van der Waals surface area contributed by atoms with Crippen LogP contribution in [0.2, 0.25) is 0 Å². The molecule has 4 aromatic rings. The zero-order valence-corrected chi connectivity index (χ0v) is 16.1. The molecule has 134 valence electrons. The molecular weight excluding hydrogens is 348 g/mol. The summed E-state index contributed by atoms with van der Waals surface area (Å²) in [6.07, 6.45) is 0. The number of fused-ring (bicyclic) bond motifs is 1. The molecule has 7 heteroatoms. The van der Waals surface area contributed by atoms with E-state index in [2.05, 4.69) is 36.3 Å². The second-order valence-electron chi connectivity index (χ2n) is 6.59. The van der Waals surface area contributed by atoms with Gasteiger partial charge in [-0.05, 0) is 39.0 Å². The minimum Gasteiger partial charge on any atom is -0.466 e. The molecule has 3 aromatic heterocycles. The summed E-state index contributed by atoms with van der Waals surface area (Å²) < 4.78 is 12.6. The van der Waals surface area contributed by atoms with Gasteiger partial charge in [0.2, 0.25) is 0 Å². The second-order valence-corrected chi connectivity index (χ2v) is 7.65. The Balaban J connectivity index is 1.51. The Morgan fingerprint density at radius 2 is 1.96 bits per heavy atom. The van der Waals surface area contributed by atoms with E-state index in [0.717, 1.165) is 27.6 Å². The van der Waals surface area contributed by atoms with Crippen molar-refractivity contribution in [2.24, 2.45) is 0 Å². The number of thiazole rings is 1. The van der Waals surface area contributed by atoms with Gasteiger partial charge in [-0.25, -0.2) is 4.98 Å². The van der Waals surface area contributed by atoms with Crippen LogP contribution in [-0.2, 0) is 6.54 Å². The molecule has 1 aromatic carbocycles. The Morgan fingerprint density at radius 1 is 1.15 bits per heavy atom. The molecule has 0 radical (unpaired) electrons. The van der Waals surface area contributed by atoms with Crippen molar-refractivity contribution < 1.29 is 13.7 Å². The van der Waals surface area contributed by atoms with Gasteiger partial charge in [-0.1, -0.05) is 12.1 Å². The van der Waals surface area contributed by atoms with Gasteiger partial charge in [-0.3, -0.25) is 0 Å². The van der Waals surface area contributed by atoms with E-state index < -0.39 is 0 Å².